The van der Waals surface area contributed by atoms with Gasteiger partial charge in [0.05, 0.1) is 0 Å². The van der Waals surface area contributed by atoms with Gasteiger partial charge in [-0.05, 0) is 42.2 Å². The molecule has 0 radical (unpaired) electrons. The Bertz CT molecular complexity index is 727. The smallest absolute Gasteiger partial charge is 0.335 e. The molecule has 0 aliphatic carbocycles. The molecule has 4 nitrogen and oxygen atoms in total. The Morgan fingerprint density at radius 3 is 2.30 bits per heavy atom. The van der Waals surface area contributed by atoms with E-state index < -0.39 is 6.10 Å². The molecule has 0 heterocycles. The van der Waals surface area contributed by atoms with E-state index in [9.17, 15) is 4.79 Å². The van der Waals surface area contributed by atoms with E-state index in [1.807, 2.05) is 68.4 Å². The van der Waals surface area contributed by atoms with Crippen LogP contribution in [0.15, 0.2) is 54.6 Å². The molecule has 1 atom stereocenters. The SMILES string of the molecule is CCCCCCCCOC(C(=O)OCc1cccc(Oc2ccccc2)c1)C(C)C. The van der Waals surface area contributed by atoms with Gasteiger partial charge >= 0.3 is 5.97 Å². The summed E-state index contributed by atoms with van der Waals surface area (Å²) < 4.78 is 17.3. The van der Waals surface area contributed by atoms with Crippen LogP contribution in [0.25, 0.3) is 0 Å². The van der Waals surface area contributed by atoms with E-state index >= 15 is 0 Å². The molecular weight excluding hydrogens is 376 g/mol. The number of carbonyl (C=O) groups excluding carboxylic acids is 1. The monoisotopic (exact) mass is 412 g/mol. The number of hydrogen-bond acceptors (Lipinski definition) is 4. The van der Waals surface area contributed by atoms with Gasteiger partial charge in [0.2, 0.25) is 0 Å². The maximum absolute atomic E-state index is 12.6. The Morgan fingerprint density at radius 2 is 1.57 bits per heavy atom. The van der Waals surface area contributed by atoms with Crippen molar-refractivity contribution in [1.29, 1.82) is 0 Å². The van der Waals surface area contributed by atoms with Crippen molar-refractivity contribution in [3.05, 3.63) is 60.2 Å². The van der Waals surface area contributed by atoms with Crippen molar-refractivity contribution in [2.75, 3.05) is 6.61 Å². The number of para-hydroxylation sites is 1. The fraction of sp³-hybridized carbons (Fsp3) is 0.500. The standard InChI is InChI=1S/C26H36O4/c1-4-5-6-7-8-12-18-28-25(21(2)3)26(27)29-20-22-14-13-17-24(19-22)30-23-15-10-9-11-16-23/h9-11,13-17,19,21,25H,4-8,12,18,20H2,1-3H3. The molecule has 0 saturated heterocycles. The average Bonchev–Trinajstić information content (AvgIpc) is 2.75. The lowest BCUT2D eigenvalue weighted by molar-refractivity contribution is -0.161. The van der Waals surface area contributed by atoms with Crippen molar-refractivity contribution < 1.29 is 19.0 Å². The summed E-state index contributed by atoms with van der Waals surface area (Å²) in [4.78, 5) is 12.6. The molecule has 0 saturated carbocycles. The molecule has 4 heteroatoms. The maximum atomic E-state index is 12.6. The zero-order chi connectivity index (χ0) is 21.6. The minimum Gasteiger partial charge on any atom is -0.459 e. The van der Waals surface area contributed by atoms with E-state index in [0.717, 1.165) is 29.9 Å². The Labute approximate surface area is 181 Å². The first-order valence-electron chi connectivity index (χ1n) is 11.2. The molecule has 0 aromatic heterocycles. The van der Waals surface area contributed by atoms with Gasteiger partial charge in [0.25, 0.3) is 0 Å². The highest BCUT2D eigenvalue weighted by atomic mass is 16.6. The van der Waals surface area contributed by atoms with Gasteiger partial charge in [-0.25, -0.2) is 4.79 Å². The highest BCUT2D eigenvalue weighted by Crippen LogP contribution is 2.22. The largest absolute Gasteiger partial charge is 0.459 e. The summed E-state index contributed by atoms with van der Waals surface area (Å²) in [6.45, 7) is 7.00. The second-order valence-electron chi connectivity index (χ2n) is 7.97. The first-order chi connectivity index (χ1) is 14.6. The summed E-state index contributed by atoms with van der Waals surface area (Å²) >= 11 is 0. The van der Waals surface area contributed by atoms with Crippen LogP contribution in [0, 0.1) is 5.92 Å². The molecular formula is C26H36O4. The molecule has 164 valence electrons. The lowest BCUT2D eigenvalue weighted by atomic mass is 10.1. The van der Waals surface area contributed by atoms with Gasteiger partial charge < -0.3 is 14.2 Å². The predicted molar refractivity (Wildman–Crippen MR) is 121 cm³/mol. The maximum Gasteiger partial charge on any atom is 0.335 e. The Morgan fingerprint density at radius 1 is 0.867 bits per heavy atom. The van der Waals surface area contributed by atoms with Crippen LogP contribution in [0.2, 0.25) is 0 Å². The van der Waals surface area contributed by atoms with E-state index in [2.05, 4.69) is 6.92 Å². The van der Waals surface area contributed by atoms with Crippen molar-refractivity contribution >= 4 is 5.97 Å². The van der Waals surface area contributed by atoms with E-state index in [0.29, 0.717) is 6.61 Å². The summed E-state index contributed by atoms with van der Waals surface area (Å²) in [5.74, 6) is 1.26. The quantitative estimate of drug-likeness (QED) is 0.249. The summed E-state index contributed by atoms with van der Waals surface area (Å²) in [6.07, 6.45) is 6.66. The number of hydrogen-bond donors (Lipinski definition) is 0. The summed E-state index contributed by atoms with van der Waals surface area (Å²) in [6, 6.07) is 17.2. The molecule has 0 aliphatic heterocycles. The van der Waals surface area contributed by atoms with Crippen LogP contribution < -0.4 is 4.74 Å². The van der Waals surface area contributed by atoms with E-state index in [4.69, 9.17) is 14.2 Å². The lowest BCUT2D eigenvalue weighted by Gasteiger charge is -2.20. The molecule has 0 bridgehead atoms. The van der Waals surface area contributed by atoms with Crippen molar-refractivity contribution in [2.24, 2.45) is 5.92 Å². The van der Waals surface area contributed by atoms with Crippen LogP contribution in [0.1, 0.15) is 64.9 Å². The fourth-order valence-corrected chi connectivity index (χ4v) is 3.19. The molecule has 0 aliphatic rings. The van der Waals surface area contributed by atoms with Crippen molar-refractivity contribution in [3.63, 3.8) is 0 Å². The van der Waals surface area contributed by atoms with Gasteiger partial charge in [0.1, 0.15) is 18.1 Å². The van der Waals surface area contributed by atoms with Crippen LogP contribution >= 0.6 is 0 Å². The summed E-state index contributed by atoms with van der Waals surface area (Å²) in [5.41, 5.74) is 0.884. The van der Waals surface area contributed by atoms with E-state index in [-0.39, 0.29) is 18.5 Å². The molecule has 2 aromatic carbocycles. The highest BCUT2D eigenvalue weighted by molar-refractivity contribution is 5.75. The topological polar surface area (TPSA) is 44.8 Å². The first-order valence-corrected chi connectivity index (χ1v) is 11.2. The van der Waals surface area contributed by atoms with Gasteiger partial charge in [-0.1, -0.05) is 83.2 Å². The summed E-state index contributed by atoms with van der Waals surface area (Å²) in [5, 5.41) is 0. The van der Waals surface area contributed by atoms with Gasteiger partial charge in [-0.3, -0.25) is 0 Å². The van der Waals surface area contributed by atoms with E-state index in [1.54, 1.807) is 0 Å². The van der Waals surface area contributed by atoms with Gasteiger partial charge in [0, 0.05) is 6.61 Å². The van der Waals surface area contributed by atoms with Gasteiger partial charge in [-0.15, -0.1) is 0 Å². The minimum absolute atomic E-state index is 0.0744. The van der Waals surface area contributed by atoms with Crippen LogP contribution in [0.4, 0.5) is 0 Å². The first kappa shape index (κ1) is 23.9. The van der Waals surface area contributed by atoms with Crippen LogP contribution in [-0.2, 0) is 20.9 Å². The van der Waals surface area contributed by atoms with Gasteiger partial charge in [0.15, 0.2) is 6.10 Å². The molecule has 0 N–H and O–H groups in total. The third kappa shape index (κ3) is 9.00. The second kappa shape index (κ2) is 13.8. The molecule has 0 fully saturated rings. The molecule has 0 spiro atoms. The zero-order valence-electron chi connectivity index (χ0n) is 18.6. The Hall–Kier alpha value is -2.33. The average molecular weight is 413 g/mol. The predicted octanol–water partition coefficient (Wildman–Crippen LogP) is 6.92. The third-order valence-corrected chi connectivity index (χ3v) is 4.89. The fourth-order valence-electron chi connectivity index (χ4n) is 3.19. The lowest BCUT2D eigenvalue weighted by Crippen LogP contribution is -2.31. The van der Waals surface area contributed by atoms with Crippen LogP contribution in [0.5, 0.6) is 11.5 Å². The molecule has 0 amide bonds. The zero-order valence-corrected chi connectivity index (χ0v) is 18.6. The second-order valence-corrected chi connectivity index (χ2v) is 7.97. The number of benzene rings is 2. The van der Waals surface area contributed by atoms with Crippen molar-refractivity contribution in [1.82, 2.24) is 0 Å². The van der Waals surface area contributed by atoms with Crippen LogP contribution in [0.3, 0.4) is 0 Å². The van der Waals surface area contributed by atoms with Crippen LogP contribution in [-0.4, -0.2) is 18.7 Å². The highest BCUT2D eigenvalue weighted by Gasteiger charge is 2.24. The number of rotatable bonds is 14. The number of carbonyl (C=O) groups is 1. The molecule has 2 rings (SSSR count). The van der Waals surface area contributed by atoms with Gasteiger partial charge in [-0.2, -0.15) is 0 Å². The number of unbranched alkanes of at least 4 members (excludes halogenated alkanes) is 5. The molecule has 1 unspecified atom stereocenters. The van der Waals surface area contributed by atoms with Crippen molar-refractivity contribution in [2.45, 2.75) is 72.0 Å². The normalized spacial score (nSPS) is 12.0. The molecule has 30 heavy (non-hydrogen) atoms. The van der Waals surface area contributed by atoms with E-state index in [1.165, 1.54) is 25.7 Å². The number of ether oxygens (including phenoxy) is 3. The Balaban J connectivity index is 1.78. The molecule has 2 aromatic rings. The third-order valence-electron chi connectivity index (χ3n) is 4.89. The van der Waals surface area contributed by atoms with Crippen molar-refractivity contribution in [3.8, 4) is 11.5 Å². The number of esters is 1. The minimum atomic E-state index is -0.524. The summed E-state index contributed by atoms with van der Waals surface area (Å²) in [7, 11) is 0. The Kier molecular flexibility index (Phi) is 11.0.